The quantitative estimate of drug-likeness (QED) is 0.437. The summed E-state index contributed by atoms with van der Waals surface area (Å²) in [4.78, 5) is 19.9. The third-order valence-electron chi connectivity index (χ3n) is 1.55. The maximum absolute atomic E-state index is 10.5. The molecule has 0 N–H and O–H groups in total. The monoisotopic (exact) mass is 215 g/mol. The molecular weight excluding hydrogens is 210 g/mol. The summed E-state index contributed by atoms with van der Waals surface area (Å²) in [5.41, 5.74) is 0.158. The van der Waals surface area contributed by atoms with Crippen LogP contribution in [0.5, 0.6) is 0 Å². The first-order valence-corrected chi connectivity index (χ1v) is 4.01. The van der Waals surface area contributed by atoms with E-state index in [0.29, 0.717) is 5.56 Å². The molecule has 0 bridgehead atoms. The van der Waals surface area contributed by atoms with Crippen molar-refractivity contribution in [3.8, 4) is 0 Å². The third kappa shape index (κ3) is 2.43. The van der Waals surface area contributed by atoms with Gasteiger partial charge in [-0.3, -0.25) is 14.9 Å². The summed E-state index contributed by atoms with van der Waals surface area (Å²) >= 11 is 5.58. The molecule has 14 heavy (non-hydrogen) atoms. The SMILES string of the molecule is O=COCc1ccc(Cl)cc1[N+](=O)[O-]. The molecule has 74 valence electrons. The highest BCUT2D eigenvalue weighted by atomic mass is 35.5. The van der Waals surface area contributed by atoms with Crippen LogP contribution >= 0.6 is 11.6 Å². The minimum absolute atomic E-state index is 0.128. The van der Waals surface area contributed by atoms with Gasteiger partial charge in [-0.2, -0.15) is 0 Å². The van der Waals surface area contributed by atoms with E-state index in [1.807, 2.05) is 0 Å². The van der Waals surface area contributed by atoms with Crippen molar-refractivity contribution in [1.82, 2.24) is 0 Å². The van der Waals surface area contributed by atoms with Crippen molar-refractivity contribution in [3.05, 3.63) is 38.9 Å². The van der Waals surface area contributed by atoms with Gasteiger partial charge in [0.15, 0.2) is 0 Å². The number of hydrogen-bond acceptors (Lipinski definition) is 4. The Morgan fingerprint density at radius 2 is 2.29 bits per heavy atom. The van der Waals surface area contributed by atoms with Gasteiger partial charge in [-0.05, 0) is 12.1 Å². The van der Waals surface area contributed by atoms with Crippen molar-refractivity contribution in [1.29, 1.82) is 0 Å². The van der Waals surface area contributed by atoms with Crippen LogP contribution in [0.2, 0.25) is 5.02 Å². The van der Waals surface area contributed by atoms with Crippen LogP contribution in [0.4, 0.5) is 5.69 Å². The zero-order valence-corrected chi connectivity index (χ0v) is 7.73. The second-order valence-corrected chi connectivity index (χ2v) is 2.87. The van der Waals surface area contributed by atoms with Crippen LogP contribution in [0.25, 0.3) is 0 Å². The van der Waals surface area contributed by atoms with E-state index in [2.05, 4.69) is 4.74 Å². The number of carbonyl (C=O) groups excluding carboxylic acids is 1. The van der Waals surface area contributed by atoms with Crippen LogP contribution in [-0.2, 0) is 16.1 Å². The summed E-state index contributed by atoms with van der Waals surface area (Å²) in [5.74, 6) is 0. The van der Waals surface area contributed by atoms with Gasteiger partial charge in [0.2, 0.25) is 0 Å². The first kappa shape index (κ1) is 10.5. The fourth-order valence-corrected chi connectivity index (χ4v) is 1.12. The predicted octanol–water partition coefficient (Wildman–Crippen LogP) is 1.92. The summed E-state index contributed by atoms with van der Waals surface area (Å²) < 4.78 is 4.42. The topological polar surface area (TPSA) is 69.4 Å². The van der Waals surface area contributed by atoms with Gasteiger partial charge in [-0.1, -0.05) is 11.6 Å². The molecule has 0 aliphatic rings. The normalized spacial score (nSPS) is 9.50. The summed E-state index contributed by atoms with van der Waals surface area (Å²) in [6.45, 7) is 0.106. The molecule has 0 radical (unpaired) electrons. The Labute approximate surface area is 84.4 Å². The van der Waals surface area contributed by atoms with Crippen LogP contribution in [0.3, 0.4) is 0 Å². The molecule has 0 heterocycles. The standard InChI is InChI=1S/C8H6ClNO4/c9-7-2-1-6(4-14-5-11)8(3-7)10(12)13/h1-3,5H,4H2. The van der Waals surface area contributed by atoms with E-state index in [-0.39, 0.29) is 23.8 Å². The Bertz CT molecular complexity index is 366. The minimum Gasteiger partial charge on any atom is -0.463 e. The van der Waals surface area contributed by atoms with Crippen molar-refractivity contribution in [2.75, 3.05) is 0 Å². The number of hydrogen-bond donors (Lipinski definition) is 0. The molecule has 0 aromatic heterocycles. The van der Waals surface area contributed by atoms with E-state index >= 15 is 0 Å². The van der Waals surface area contributed by atoms with Gasteiger partial charge >= 0.3 is 0 Å². The third-order valence-corrected chi connectivity index (χ3v) is 1.79. The van der Waals surface area contributed by atoms with Gasteiger partial charge in [-0.15, -0.1) is 0 Å². The van der Waals surface area contributed by atoms with E-state index in [1.54, 1.807) is 0 Å². The van der Waals surface area contributed by atoms with Gasteiger partial charge in [0.05, 0.1) is 10.5 Å². The Hall–Kier alpha value is -1.62. The van der Waals surface area contributed by atoms with Crippen molar-refractivity contribution in [2.24, 2.45) is 0 Å². The lowest BCUT2D eigenvalue weighted by atomic mass is 10.2. The highest BCUT2D eigenvalue weighted by Crippen LogP contribution is 2.23. The molecule has 0 fully saturated rings. The molecule has 0 spiro atoms. The minimum atomic E-state index is -0.574. The second kappa shape index (κ2) is 4.57. The summed E-state index contributed by atoms with van der Waals surface area (Å²) in [7, 11) is 0. The maximum Gasteiger partial charge on any atom is 0.293 e. The van der Waals surface area contributed by atoms with Crippen LogP contribution in [0.15, 0.2) is 18.2 Å². The smallest absolute Gasteiger partial charge is 0.293 e. The highest BCUT2D eigenvalue weighted by molar-refractivity contribution is 6.30. The van der Waals surface area contributed by atoms with Gasteiger partial charge in [0.1, 0.15) is 6.61 Å². The number of rotatable bonds is 4. The Kier molecular flexibility index (Phi) is 3.41. The molecule has 1 aromatic carbocycles. The lowest BCUT2D eigenvalue weighted by Gasteiger charge is -2.01. The lowest BCUT2D eigenvalue weighted by molar-refractivity contribution is -0.385. The Morgan fingerprint density at radius 3 is 2.86 bits per heavy atom. The number of nitro groups is 1. The average molecular weight is 216 g/mol. The van der Waals surface area contributed by atoms with Gasteiger partial charge < -0.3 is 4.74 Å². The summed E-state index contributed by atoms with van der Waals surface area (Å²) in [6, 6.07) is 4.16. The van der Waals surface area contributed by atoms with Crippen LogP contribution in [0, 0.1) is 10.1 Å². The van der Waals surface area contributed by atoms with E-state index in [4.69, 9.17) is 11.6 Å². The largest absolute Gasteiger partial charge is 0.463 e. The van der Waals surface area contributed by atoms with E-state index in [9.17, 15) is 14.9 Å². The number of benzene rings is 1. The highest BCUT2D eigenvalue weighted by Gasteiger charge is 2.13. The van der Waals surface area contributed by atoms with E-state index in [0.717, 1.165) is 0 Å². The molecule has 0 saturated carbocycles. The molecule has 0 unspecified atom stereocenters. The zero-order valence-electron chi connectivity index (χ0n) is 6.97. The van der Waals surface area contributed by atoms with E-state index < -0.39 is 4.92 Å². The first-order valence-electron chi connectivity index (χ1n) is 3.63. The number of nitrogens with zero attached hydrogens (tertiary/aromatic N) is 1. The van der Waals surface area contributed by atoms with Crippen molar-refractivity contribution >= 4 is 23.8 Å². The molecule has 0 aliphatic carbocycles. The Balaban J connectivity index is 3.01. The van der Waals surface area contributed by atoms with Gasteiger partial charge in [-0.25, -0.2) is 0 Å². The average Bonchev–Trinajstić information content (AvgIpc) is 2.15. The Morgan fingerprint density at radius 1 is 1.57 bits per heavy atom. The predicted molar refractivity (Wildman–Crippen MR) is 49.0 cm³/mol. The fraction of sp³-hybridized carbons (Fsp3) is 0.125. The lowest BCUT2D eigenvalue weighted by Crippen LogP contribution is -1.97. The molecule has 0 aliphatic heterocycles. The van der Waals surface area contributed by atoms with Gasteiger partial charge in [0, 0.05) is 11.1 Å². The molecule has 0 atom stereocenters. The molecule has 0 saturated heterocycles. The maximum atomic E-state index is 10.5. The molecule has 0 amide bonds. The zero-order chi connectivity index (χ0) is 10.6. The van der Waals surface area contributed by atoms with E-state index in [1.165, 1.54) is 18.2 Å². The van der Waals surface area contributed by atoms with Gasteiger partial charge in [0.25, 0.3) is 12.2 Å². The fourth-order valence-electron chi connectivity index (χ4n) is 0.953. The summed E-state index contributed by atoms with van der Waals surface area (Å²) in [6.07, 6.45) is 0. The molecule has 5 nitrogen and oxygen atoms in total. The summed E-state index contributed by atoms with van der Waals surface area (Å²) in [5, 5.41) is 10.8. The molecule has 1 rings (SSSR count). The van der Waals surface area contributed by atoms with Crippen LogP contribution < -0.4 is 0 Å². The van der Waals surface area contributed by atoms with Crippen LogP contribution in [-0.4, -0.2) is 11.4 Å². The van der Waals surface area contributed by atoms with Crippen LogP contribution in [0.1, 0.15) is 5.56 Å². The number of carbonyl (C=O) groups is 1. The second-order valence-electron chi connectivity index (χ2n) is 2.44. The van der Waals surface area contributed by atoms with Crippen molar-refractivity contribution < 1.29 is 14.5 Å². The number of ether oxygens (including phenoxy) is 1. The first-order chi connectivity index (χ1) is 6.65. The molecule has 6 heteroatoms. The number of nitro benzene ring substituents is 1. The van der Waals surface area contributed by atoms with Crippen molar-refractivity contribution in [3.63, 3.8) is 0 Å². The number of halogens is 1. The molecular formula is C8H6ClNO4. The van der Waals surface area contributed by atoms with Crippen molar-refractivity contribution in [2.45, 2.75) is 6.61 Å². The molecule has 1 aromatic rings.